The summed E-state index contributed by atoms with van der Waals surface area (Å²) in [7, 11) is 0. The van der Waals surface area contributed by atoms with E-state index < -0.39 is 0 Å². The van der Waals surface area contributed by atoms with Gasteiger partial charge in [0.2, 0.25) is 0 Å². The van der Waals surface area contributed by atoms with E-state index in [0.717, 1.165) is 22.5 Å². The van der Waals surface area contributed by atoms with Gasteiger partial charge in [-0.3, -0.25) is 4.79 Å². The second kappa shape index (κ2) is 10.7. The first-order chi connectivity index (χ1) is 14.9. The smallest absolute Gasteiger partial charge is 0.262 e. The SMILES string of the molecule is CCOc1cc(CNc2ccc(O)cc2)cc(Br)c1OCC(=O)Nc1ccc(C)cc1. The fourth-order valence-corrected chi connectivity index (χ4v) is 3.49. The standard InChI is InChI=1S/C24H25BrN2O4/c1-3-30-22-13-17(14-26-18-8-10-20(28)11-9-18)12-21(25)24(22)31-15-23(29)27-19-6-4-16(2)5-7-19/h4-13,26,28H,3,14-15H2,1-2H3,(H,27,29). The number of phenolic OH excluding ortho intramolecular Hbond substituents is 1. The normalized spacial score (nSPS) is 10.4. The van der Waals surface area contributed by atoms with Crippen LogP contribution in [0.5, 0.6) is 17.2 Å². The predicted molar refractivity (Wildman–Crippen MR) is 126 cm³/mol. The molecular weight excluding hydrogens is 460 g/mol. The summed E-state index contributed by atoms with van der Waals surface area (Å²) in [5.74, 6) is 1.01. The number of carbonyl (C=O) groups is 1. The van der Waals surface area contributed by atoms with E-state index in [1.807, 2.05) is 50.2 Å². The Hall–Kier alpha value is -3.19. The average molecular weight is 485 g/mol. The summed E-state index contributed by atoms with van der Waals surface area (Å²) in [6.07, 6.45) is 0. The summed E-state index contributed by atoms with van der Waals surface area (Å²) in [5.41, 5.74) is 3.71. The first kappa shape index (κ1) is 22.5. The van der Waals surface area contributed by atoms with Crippen LogP contribution in [0.1, 0.15) is 18.1 Å². The molecule has 31 heavy (non-hydrogen) atoms. The average Bonchev–Trinajstić information content (AvgIpc) is 2.74. The number of hydrogen-bond donors (Lipinski definition) is 3. The number of aromatic hydroxyl groups is 1. The number of nitrogens with one attached hydrogen (secondary N) is 2. The van der Waals surface area contributed by atoms with E-state index in [-0.39, 0.29) is 18.3 Å². The van der Waals surface area contributed by atoms with Crippen molar-refractivity contribution in [3.05, 3.63) is 76.3 Å². The molecule has 0 aliphatic heterocycles. The number of benzene rings is 3. The van der Waals surface area contributed by atoms with Crippen LogP contribution in [0.3, 0.4) is 0 Å². The summed E-state index contributed by atoms with van der Waals surface area (Å²) in [6, 6.07) is 18.2. The van der Waals surface area contributed by atoms with E-state index in [9.17, 15) is 9.90 Å². The van der Waals surface area contributed by atoms with Crippen molar-refractivity contribution in [3.8, 4) is 17.2 Å². The number of halogens is 1. The summed E-state index contributed by atoms with van der Waals surface area (Å²) in [4.78, 5) is 12.3. The highest BCUT2D eigenvalue weighted by Gasteiger charge is 2.14. The van der Waals surface area contributed by atoms with Crippen LogP contribution in [0, 0.1) is 6.92 Å². The molecule has 0 atom stereocenters. The second-order valence-electron chi connectivity index (χ2n) is 6.94. The molecule has 1 amide bonds. The monoisotopic (exact) mass is 484 g/mol. The van der Waals surface area contributed by atoms with E-state index in [2.05, 4.69) is 26.6 Å². The number of phenols is 1. The Balaban J connectivity index is 1.65. The Morgan fingerprint density at radius 3 is 2.35 bits per heavy atom. The molecule has 0 fully saturated rings. The Kier molecular flexibility index (Phi) is 7.78. The van der Waals surface area contributed by atoms with Crippen LogP contribution in [0.2, 0.25) is 0 Å². The van der Waals surface area contributed by atoms with Gasteiger partial charge in [0.05, 0.1) is 11.1 Å². The summed E-state index contributed by atoms with van der Waals surface area (Å²) in [5, 5.41) is 15.5. The number of aryl methyl sites for hydroxylation is 1. The third-order valence-corrected chi connectivity index (χ3v) is 5.01. The molecule has 0 aliphatic rings. The Morgan fingerprint density at radius 1 is 1.00 bits per heavy atom. The summed E-state index contributed by atoms with van der Waals surface area (Å²) >= 11 is 3.53. The molecule has 0 saturated heterocycles. The van der Waals surface area contributed by atoms with Gasteiger partial charge in [-0.25, -0.2) is 0 Å². The van der Waals surface area contributed by atoms with Crippen molar-refractivity contribution in [2.24, 2.45) is 0 Å². The van der Waals surface area contributed by atoms with E-state index in [1.165, 1.54) is 0 Å². The third-order valence-electron chi connectivity index (χ3n) is 4.42. The zero-order valence-electron chi connectivity index (χ0n) is 17.4. The molecule has 0 radical (unpaired) electrons. The largest absolute Gasteiger partial charge is 0.508 e. The Bertz CT molecular complexity index is 1020. The molecule has 0 aliphatic carbocycles. The van der Waals surface area contributed by atoms with E-state index in [4.69, 9.17) is 9.47 Å². The van der Waals surface area contributed by atoms with E-state index in [1.54, 1.807) is 24.3 Å². The van der Waals surface area contributed by atoms with Crippen molar-refractivity contribution in [3.63, 3.8) is 0 Å². The van der Waals surface area contributed by atoms with Crippen molar-refractivity contribution in [1.29, 1.82) is 0 Å². The minimum absolute atomic E-state index is 0.141. The number of carbonyl (C=O) groups excluding carboxylic acids is 1. The van der Waals surface area contributed by atoms with Gasteiger partial charge in [-0.2, -0.15) is 0 Å². The Morgan fingerprint density at radius 2 is 1.68 bits per heavy atom. The number of ether oxygens (including phenoxy) is 2. The molecule has 0 aromatic heterocycles. The van der Waals surface area contributed by atoms with E-state index in [0.29, 0.717) is 29.1 Å². The molecular formula is C24H25BrN2O4. The van der Waals surface area contributed by atoms with Crippen molar-refractivity contribution in [2.45, 2.75) is 20.4 Å². The molecule has 0 heterocycles. The van der Waals surface area contributed by atoms with Gasteiger partial charge in [0.15, 0.2) is 18.1 Å². The molecule has 3 N–H and O–H groups in total. The van der Waals surface area contributed by atoms with Gasteiger partial charge in [-0.15, -0.1) is 0 Å². The van der Waals surface area contributed by atoms with Crippen LogP contribution in [0.25, 0.3) is 0 Å². The zero-order valence-corrected chi connectivity index (χ0v) is 19.0. The zero-order chi connectivity index (χ0) is 22.2. The minimum atomic E-state index is -0.253. The molecule has 7 heteroatoms. The maximum Gasteiger partial charge on any atom is 0.262 e. The van der Waals surface area contributed by atoms with Gasteiger partial charge in [-0.05, 0) is 83.9 Å². The van der Waals surface area contributed by atoms with Gasteiger partial charge in [-0.1, -0.05) is 17.7 Å². The number of amides is 1. The van der Waals surface area contributed by atoms with Crippen LogP contribution in [-0.4, -0.2) is 24.2 Å². The molecule has 3 aromatic rings. The molecule has 0 bridgehead atoms. The van der Waals surface area contributed by atoms with Crippen LogP contribution in [0.15, 0.2) is 65.1 Å². The lowest BCUT2D eigenvalue weighted by Crippen LogP contribution is -2.20. The fraction of sp³-hybridized carbons (Fsp3) is 0.208. The van der Waals surface area contributed by atoms with Gasteiger partial charge >= 0.3 is 0 Å². The lowest BCUT2D eigenvalue weighted by Gasteiger charge is -2.16. The predicted octanol–water partition coefficient (Wildman–Crippen LogP) is 5.49. The highest BCUT2D eigenvalue weighted by Crippen LogP contribution is 2.37. The first-order valence-electron chi connectivity index (χ1n) is 9.92. The molecule has 0 saturated carbocycles. The van der Waals surface area contributed by atoms with Crippen molar-refractivity contribution < 1.29 is 19.4 Å². The molecule has 0 unspecified atom stereocenters. The van der Waals surface area contributed by atoms with Gasteiger partial charge in [0, 0.05) is 17.9 Å². The van der Waals surface area contributed by atoms with Crippen molar-refractivity contribution in [2.75, 3.05) is 23.8 Å². The highest BCUT2D eigenvalue weighted by atomic mass is 79.9. The van der Waals surface area contributed by atoms with Gasteiger partial charge < -0.3 is 25.2 Å². The first-order valence-corrected chi connectivity index (χ1v) is 10.7. The lowest BCUT2D eigenvalue weighted by atomic mass is 10.2. The second-order valence-corrected chi connectivity index (χ2v) is 7.80. The van der Waals surface area contributed by atoms with Crippen LogP contribution >= 0.6 is 15.9 Å². The summed E-state index contributed by atoms with van der Waals surface area (Å²) in [6.45, 7) is 4.76. The topological polar surface area (TPSA) is 79.8 Å². The van der Waals surface area contributed by atoms with Gasteiger partial charge in [0.25, 0.3) is 5.91 Å². The molecule has 162 valence electrons. The highest BCUT2D eigenvalue weighted by molar-refractivity contribution is 9.10. The molecule has 3 aromatic carbocycles. The van der Waals surface area contributed by atoms with E-state index >= 15 is 0 Å². The van der Waals surface area contributed by atoms with Crippen LogP contribution in [-0.2, 0) is 11.3 Å². The quantitative estimate of drug-likeness (QED) is 0.350. The molecule has 6 nitrogen and oxygen atoms in total. The number of anilines is 2. The number of rotatable bonds is 9. The summed E-state index contributed by atoms with van der Waals surface area (Å²) < 4.78 is 12.2. The Labute approximate surface area is 190 Å². The van der Waals surface area contributed by atoms with Crippen molar-refractivity contribution >= 4 is 33.2 Å². The maximum atomic E-state index is 12.3. The molecule has 3 rings (SSSR count). The maximum absolute atomic E-state index is 12.3. The van der Waals surface area contributed by atoms with Crippen molar-refractivity contribution in [1.82, 2.24) is 0 Å². The lowest BCUT2D eigenvalue weighted by molar-refractivity contribution is -0.118. The van der Waals surface area contributed by atoms with Crippen LogP contribution < -0.4 is 20.1 Å². The minimum Gasteiger partial charge on any atom is -0.508 e. The third kappa shape index (κ3) is 6.65. The molecule has 0 spiro atoms. The van der Waals surface area contributed by atoms with Crippen LogP contribution in [0.4, 0.5) is 11.4 Å². The fourth-order valence-electron chi connectivity index (χ4n) is 2.88. The number of hydrogen-bond acceptors (Lipinski definition) is 5. The van der Waals surface area contributed by atoms with Gasteiger partial charge in [0.1, 0.15) is 5.75 Å².